The van der Waals surface area contributed by atoms with Gasteiger partial charge in [0.05, 0.1) is 23.6 Å². The highest BCUT2D eigenvalue weighted by atomic mass is 32.1. The van der Waals surface area contributed by atoms with E-state index in [1.54, 1.807) is 6.92 Å². The van der Waals surface area contributed by atoms with Gasteiger partial charge in [0.25, 0.3) is 11.6 Å². The molecule has 0 spiro atoms. The van der Waals surface area contributed by atoms with E-state index in [0.717, 1.165) is 5.56 Å². The Hall–Kier alpha value is -3.59. The number of nitro groups is 1. The number of hydrogen-bond acceptors (Lipinski definition) is 7. The van der Waals surface area contributed by atoms with Crippen LogP contribution in [0.15, 0.2) is 54.6 Å². The summed E-state index contributed by atoms with van der Waals surface area (Å²) in [6, 6.07) is 14.6. The third kappa shape index (κ3) is 5.02. The predicted molar refractivity (Wildman–Crippen MR) is 109 cm³/mol. The number of nitrogens with zero attached hydrogens (tertiary/aromatic N) is 2. The molecule has 0 saturated carbocycles. The van der Waals surface area contributed by atoms with Gasteiger partial charge < -0.3 is 4.74 Å². The van der Waals surface area contributed by atoms with Crippen LogP contribution in [0, 0.1) is 10.1 Å². The molecule has 2 aromatic carbocycles. The molecule has 1 N–H and O–H groups in total. The second-order valence-corrected chi connectivity index (χ2v) is 6.98. The second-order valence-electron chi connectivity index (χ2n) is 5.90. The minimum Gasteiger partial charge on any atom is -0.466 e. The van der Waals surface area contributed by atoms with Crippen LogP contribution >= 0.6 is 11.3 Å². The maximum atomic E-state index is 12.5. The lowest BCUT2D eigenvalue weighted by atomic mass is 10.1. The molecule has 148 valence electrons. The van der Waals surface area contributed by atoms with Gasteiger partial charge >= 0.3 is 5.97 Å². The summed E-state index contributed by atoms with van der Waals surface area (Å²) < 4.78 is 5.02. The van der Waals surface area contributed by atoms with Gasteiger partial charge in [-0.3, -0.25) is 25.0 Å². The minimum absolute atomic E-state index is 0.0448. The van der Waals surface area contributed by atoms with E-state index in [9.17, 15) is 19.7 Å². The first kappa shape index (κ1) is 20.2. The Balaban J connectivity index is 1.85. The van der Waals surface area contributed by atoms with Crippen molar-refractivity contribution in [1.82, 2.24) is 4.98 Å². The number of hydrogen-bond donors (Lipinski definition) is 1. The molecule has 0 fully saturated rings. The van der Waals surface area contributed by atoms with Crippen molar-refractivity contribution in [3.05, 3.63) is 75.2 Å². The van der Waals surface area contributed by atoms with Crippen LogP contribution in [0.25, 0.3) is 11.3 Å². The van der Waals surface area contributed by atoms with Crippen LogP contribution in [0.4, 0.5) is 10.8 Å². The fourth-order valence-electron chi connectivity index (χ4n) is 2.59. The number of carbonyl (C=O) groups excluding carboxylic acids is 2. The third-order valence-corrected chi connectivity index (χ3v) is 4.89. The molecule has 3 rings (SSSR count). The average Bonchev–Trinajstić information content (AvgIpc) is 3.10. The maximum Gasteiger partial charge on any atom is 0.311 e. The fraction of sp³-hybridized carbons (Fsp3) is 0.150. The fourth-order valence-corrected chi connectivity index (χ4v) is 3.56. The Morgan fingerprint density at radius 1 is 1.14 bits per heavy atom. The van der Waals surface area contributed by atoms with Crippen molar-refractivity contribution in [3.63, 3.8) is 0 Å². The van der Waals surface area contributed by atoms with Crippen LogP contribution in [0.3, 0.4) is 0 Å². The van der Waals surface area contributed by atoms with Crippen LogP contribution in [-0.2, 0) is 16.0 Å². The number of amides is 1. The normalized spacial score (nSPS) is 10.4. The molecule has 0 aliphatic rings. The summed E-state index contributed by atoms with van der Waals surface area (Å²) in [6.45, 7) is 2.01. The molecule has 3 aromatic rings. The summed E-state index contributed by atoms with van der Waals surface area (Å²) in [4.78, 5) is 39.8. The number of aromatic nitrogens is 1. The number of thiazole rings is 1. The highest BCUT2D eigenvalue weighted by Gasteiger charge is 2.19. The summed E-state index contributed by atoms with van der Waals surface area (Å²) in [5.41, 5.74) is 1.58. The topological polar surface area (TPSA) is 111 Å². The first-order valence-corrected chi connectivity index (χ1v) is 9.56. The van der Waals surface area contributed by atoms with Crippen molar-refractivity contribution in [2.45, 2.75) is 13.3 Å². The second kappa shape index (κ2) is 9.07. The number of carbonyl (C=O) groups is 2. The lowest BCUT2D eigenvalue weighted by Gasteiger charge is -2.02. The number of benzene rings is 2. The highest BCUT2D eigenvalue weighted by molar-refractivity contribution is 7.16. The molecule has 0 saturated heterocycles. The number of esters is 1. The van der Waals surface area contributed by atoms with Crippen molar-refractivity contribution in [2.24, 2.45) is 0 Å². The van der Waals surface area contributed by atoms with Gasteiger partial charge in [0.15, 0.2) is 5.13 Å². The molecule has 0 radical (unpaired) electrons. The molecule has 1 heterocycles. The largest absolute Gasteiger partial charge is 0.466 e. The molecule has 1 aromatic heterocycles. The van der Waals surface area contributed by atoms with E-state index < -0.39 is 10.8 Å². The zero-order chi connectivity index (χ0) is 20.8. The standard InChI is InChI=1S/C20H17N3O5S/c1-2-28-17(24)12-16-18(13-6-4-3-5-7-13)21-20(29-16)22-19(25)14-8-10-15(11-9-14)23(26)27/h3-11H,2,12H2,1H3,(H,21,22,25). The van der Waals surface area contributed by atoms with E-state index in [1.807, 2.05) is 30.3 Å². The quantitative estimate of drug-likeness (QED) is 0.356. The lowest BCUT2D eigenvalue weighted by Crippen LogP contribution is -2.11. The number of non-ortho nitro benzene ring substituents is 1. The van der Waals surface area contributed by atoms with Crippen molar-refractivity contribution < 1.29 is 19.2 Å². The van der Waals surface area contributed by atoms with Crippen molar-refractivity contribution >= 4 is 34.0 Å². The van der Waals surface area contributed by atoms with E-state index in [2.05, 4.69) is 10.3 Å². The van der Waals surface area contributed by atoms with Crippen LogP contribution in [0.5, 0.6) is 0 Å². The Kier molecular flexibility index (Phi) is 6.30. The first-order valence-electron chi connectivity index (χ1n) is 8.74. The van der Waals surface area contributed by atoms with Gasteiger partial charge in [-0.05, 0) is 19.1 Å². The number of nitro benzene ring substituents is 1. The van der Waals surface area contributed by atoms with E-state index in [4.69, 9.17) is 4.74 Å². The van der Waals surface area contributed by atoms with Crippen LogP contribution < -0.4 is 5.32 Å². The molecule has 29 heavy (non-hydrogen) atoms. The van der Waals surface area contributed by atoms with Gasteiger partial charge in [-0.1, -0.05) is 30.3 Å². The average molecular weight is 411 g/mol. The minimum atomic E-state index is -0.531. The van der Waals surface area contributed by atoms with E-state index in [1.165, 1.54) is 35.6 Å². The molecule has 0 aliphatic carbocycles. The lowest BCUT2D eigenvalue weighted by molar-refractivity contribution is -0.384. The van der Waals surface area contributed by atoms with Crippen molar-refractivity contribution in [3.8, 4) is 11.3 Å². The molecule has 0 bridgehead atoms. The summed E-state index contributed by atoms with van der Waals surface area (Å²) in [7, 11) is 0. The predicted octanol–water partition coefficient (Wildman–Crippen LogP) is 4.08. The number of rotatable bonds is 7. The molecule has 9 heteroatoms. The van der Waals surface area contributed by atoms with Gasteiger partial charge in [0, 0.05) is 28.1 Å². The summed E-state index contributed by atoms with van der Waals surface area (Å²) in [5.74, 6) is -0.822. The van der Waals surface area contributed by atoms with Gasteiger partial charge in [0.1, 0.15) is 0 Å². The summed E-state index contributed by atoms with van der Waals surface area (Å²) in [5, 5.41) is 13.8. The molecule has 0 aliphatic heterocycles. The van der Waals surface area contributed by atoms with Gasteiger partial charge in [-0.15, -0.1) is 11.3 Å². The van der Waals surface area contributed by atoms with Crippen LogP contribution in [0.1, 0.15) is 22.2 Å². The molecular weight excluding hydrogens is 394 g/mol. The zero-order valence-electron chi connectivity index (χ0n) is 15.5. The number of anilines is 1. The molecule has 0 unspecified atom stereocenters. The number of nitrogens with one attached hydrogen (secondary N) is 1. The van der Waals surface area contributed by atoms with Gasteiger partial charge in [-0.25, -0.2) is 4.98 Å². The Bertz CT molecular complexity index is 1030. The van der Waals surface area contributed by atoms with E-state index >= 15 is 0 Å². The summed E-state index contributed by atoms with van der Waals surface area (Å²) >= 11 is 1.19. The molecule has 1 amide bonds. The third-order valence-electron chi connectivity index (χ3n) is 3.92. The first-order chi connectivity index (χ1) is 14.0. The Morgan fingerprint density at radius 3 is 2.45 bits per heavy atom. The molecule has 0 atom stereocenters. The van der Waals surface area contributed by atoms with Crippen molar-refractivity contribution in [1.29, 1.82) is 0 Å². The monoisotopic (exact) mass is 411 g/mol. The van der Waals surface area contributed by atoms with Gasteiger partial charge in [0.2, 0.25) is 0 Å². The van der Waals surface area contributed by atoms with E-state index in [-0.39, 0.29) is 30.2 Å². The molecular formula is C20H17N3O5S. The van der Waals surface area contributed by atoms with Crippen molar-refractivity contribution in [2.75, 3.05) is 11.9 Å². The van der Waals surface area contributed by atoms with E-state index in [0.29, 0.717) is 15.7 Å². The van der Waals surface area contributed by atoms with Crippen LogP contribution in [0.2, 0.25) is 0 Å². The highest BCUT2D eigenvalue weighted by Crippen LogP contribution is 2.32. The maximum absolute atomic E-state index is 12.5. The smallest absolute Gasteiger partial charge is 0.311 e. The van der Waals surface area contributed by atoms with Crippen LogP contribution in [-0.4, -0.2) is 28.4 Å². The zero-order valence-corrected chi connectivity index (χ0v) is 16.3. The Labute approximate surface area is 170 Å². The Morgan fingerprint density at radius 2 is 1.83 bits per heavy atom. The summed E-state index contributed by atoms with van der Waals surface area (Å²) in [6.07, 6.45) is 0.0448. The SMILES string of the molecule is CCOC(=O)Cc1sc(NC(=O)c2ccc([N+](=O)[O-])cc2)nc1-c1ccccc1. The molecule has 8 nitrogen and oxygen atoms in total. The number of ether oxygens (including phenoxy) is 1. The van der Waals surface area contributed by atoms with Gasteiger partial charge in [-0.2, -0.15) is 0 Å².